The molecular formula is C33H38FN4O2+. The molecule has 208 valence electrons. The molecule has 0 bridgehead atoms. The van der Waals surface area contributed by atoms with Crippen molar-refractivity contribution in [2.45, 2.75) is 75.0 Å². The van der Waals surface area contributed by atoms with Crippen LogP contribution in [0.3, 0.4) is 0 Å². The number of pyridine rings is 1. The second kappa shape index (κ2) is 13.2. The van der Waals surface area contributed by atoms with Crippen LogP contribution < -0.4 is 10.6 Å². The van der Waals surface area contributed by atoms with Gasteiger partial charge in [0, 0.05) is 18.7 Å². The number of halogens is 1. The maximum atomic E-state index is 15.0. The molecule has 2 atom stereocenters. The summed E-state index contributed by atoms with van der Waals surface area (Å²) in [6.45, 7) is 7.57. The first-order valence-electron chi connectivity index (χ1n) is 14.4. The Morgan fingerprint density at radius 2 is 1.75 bits per heavy atom. The van der Waals surface area contributed by atoms with Gasteiger partial charge in [-0.25, -0.2) is 4.39 Å². The van der Waals surface area contributed by atoms with Crippen molar-refractivity contribution in [2.24, 2.45) is 0 Å². The molecule has 1 saturated carbocycles. The number of aromatic nitrogens is 1. The highest BCUT2D eigenvalue weighted by atomic mass is 19.1. The Hall–Kier alpha value is -3.60. The lowest BCUT2D eigenvalue weighted by Gasteiger charge is -2.44. The molecule has 2 aromatic carbocycles. The second-order valence-corrected chi connectivity index (χ2v) is 11.0. The van der Waals surface area contributed by atoms with Gasteiger partial charge in [0.15, 0.2) is 0 Å². The van der Waals surface area contributed by atoms with Crippen LogP contribution in [0.25, 0.3) is 4.85 Å². The quantitative estimate of drug-likeness (QED) is 0.332. The predicted molar refractivity (Wildman–Crippen MR) is 156 cm³/mol. The highest BCUT2D eigenvalue weighted by Gasteiger charge is 2.40. The van der Waals surface area contributed by atoms with Crippen molar-refractivity contribution in [3.05, 3.63) is 100 Å². The zero-order chi connectivity index (χ0) is 27.8. The Bertz CT molecular complexity index is 1260. The van der Waals surface area contributed by atoms with E-state index in [1.54, 1.807) is 0 Å². The molecule has 2 heterocycles. The first-order chi connectivity index (χ1) is 19.6. The van der Waals surface area contributed by atoms with Gasteiger partial charge in [0.05, 0.1) is 35.7 Å². The van der Waals surface area contributed by atoms with E-state index in [0.29, 0.717) is 17.7 Å². The minimum atomic E-state index is -0.922. The summed E-state index contributed by atoms with van der Waals surface area (Å²) >= 11 is 0. The third-order valence-corrected chi connectivity index (χ3v) is 8.28. The minimum Gasteiger partial charge on any atom is -0.369 e. The molecule has 1 spiro atoms. The number of morpholine rings is 1. The van der Waals surface area contributed by atoms with Gasteiger partial charge < -0.3 is 15.4 Å². The second-order valence-electron chi connectivity index (χ2n) is 11.0. The topological polar surface area (TPSA) is 67.6 Å². The van der Waals surface area contributed by atoms with E-state index in [0.717, 1.165) is 49.9 Å². The largest absolute Gasteiger partial charge is 0.369 e. The van der Waals surface area contributed by atoms with Crippen molar-refractivity contribution in [1.29, 1.82) is 0 Å². The van der Waals surface area contributed by atoms with E-state index in [1.165, 1.54) is 31.7 Å². The molecule has 1 aromatic heterocycles. The Kier molecular flexibility index (Phi) is 9.20. The first kappa shape index (κ1) is 27.9. The summed E-state index contributed by atoms with van der Waals surface area (Å²) in [6.07, 6.45) is 10.7. The number of hydrogen-bond acceptors (Lipinski definition) is 4. The number of carbonyl (C=O) groups excluding carboxylic acids is 1. The molecule has 2 unspecified atom stereocenters. The van der Waals surface area contributed by atoms with Crippen molar-refractivity contribution in [3.63, 3.8) is 0 Å². The number of hydrogen-bond donors (Lipinski definition) is 2. The highest BCUT2D eigenvalue weighted by molar-refractivity contribution is 5.97. The van der Waals surface area contributed by atoms with Gasteiger partial charge in [0.1, 0.15) is 5.82 Å². The number of anilines is 1. The molecule has 40 heavy (non-hydrogen) atoms. The number of ether oxygens (including phenoxy) is 1. The van der Waals surface area contributed by atoms with Crippen LogP contribution in [0.1, 0.15) is 67.6 Å². The summed E-state index contributed by atoms with van der Waals surface area (Å²) < 4.78 is 21.6. The third kappa shape index (κ3) is 6.57. The number of carbonyl (C=O) groups is 1. The van der Waals surface area contributed by atoms with Crippen molar-refractivity contribution in [3.8, 4) is 6.57 Å². The van der Waals surface area contributed by atoms with Crippen LogP contribution in [-0.2, 0) is 16.0 Å². The summed E-state index contributed by atoms with van der Waals surface area (Å²) in [5, 5.41) is 6.46. The van der Waals surface area contributed by atoms with Crippen molar-refractivity contribution < 1.29 is 13.9 Å². The average Bonchev–Trinajstić information content (AvgIpc) is 2.98. The fourth-order valence-corrected chi connectivity index (χ4v) is 6.27. The van der Waals surface area contributed by atoms with E-state index < -0.39 is 23.7 Å². The van der Waals surface area contributed by atoms with Gasteiger partial charge in [-0.15, -0.1) is 0 Å². The van der Waals surface area contributed by atoms with E-state index in [-0.39, 0.29) is 11.7 Å². The van der Waals surface area contributed by atoms with Gasteiger partial charge in [-0.3, -0.25) is 9.78 Å². The van der Waals surface area contributed by atoms with Crippen LogP contribution in [0.5, 0.6) is 0 Å². The average molecular weight is 542 g/mol. The predicted octanol–water partition coefficient (Wildman–Crippen LogP) is 6.34. The van der Waals surface area contributed by atoms with Crippen molar-refractivity contribution in [1.82, 2.24) is 10.3 Å². The lowest BCUT2D eigenvalue weighted by molar-refractivity contribution is -0.135. The molecule has 7 heteroatoms. The Morgan fingerprint density at radius 1 is 1.07 bits per heavy atom. The van der Waals surface area contributed by atoms with Gasteiger partial charge in [-0.2, -0.15) is 0 Å². The van der Waals surface area contributed by atoms with Crippen LogP contribution in [0.2, 0.25) is 0 Å². The van der Waals surface area contributed by atoms with Crippen LogP contribution in [0.15, 0.2) is 73.1 Å². The smallest absolute Gasteiger partial charge is 0.359 e. The monoisotopic (exact) mass is 541 g/mol. The van der Waals surface area contributed by atoms with E-state index in [4.69, 9.17) is 11.3 Å². The number of rotatable bonds is 9. The number of nitrogens with one attached hydrogen (secondary N) is 2. The van der Waals surface area contributed by atoms with Gasteiger partial charge in [0.25, 0.3) is 6.57 Å². The highest BCUT2D eigenvalue weighted by Crippen LogP contribution is 2.35. The molecular weight excluding hydrogens is 503 g/mol. The normalized spacial score (nSPS) is 19.2. The van der Waals surface area contributed by atoms with Crippen LogP contribution in [-0.4, -0.2) is 41.7 Å². The van der Waals surface area contributed by atoms with Gasteiger partial charge in [-0.05, 0) is 43.2 Å². The standard InChI is InChI=1S/C33H37FN4O2/c1-35-31(30(24-12-5-2-6-13-24)25-14-7-3-8-15-25)32(39)38-29-22-36-21-28(34)27(29)17-11-16-26-20-37-23-33(40-26)18-9-4-10-19-33/h1-3,5-8,12-15,21-22,26,30-31,37H,4,9-11,16-20,23H2/p+1. The third-order valence-electron chi connectivity index (χ3n) is 8.28. The lowest BCUT2D eigenvalue weighted by Crippen LogP contribution is -2.54. The molecule has 1 amide bonds. The van der Waals surface area contributed by atoms with E-state index >= 15 is 4.39 Å². The van der Waals surface area contributed by atoms with E-state index in [1.807, 2.05) is 60.7 Å². The Labute approximate surface area is 236 Å². The number of benzene rings is 2. The summed E-state index contributed by atoms with van der Waals surface area (Å²) in [6, 6.07) is 18.4. The molecule has 0 radical (unpaired) electrons. The van der Waals surface area contributed by atoms with Gasteiger partial charge >= 0.3 is 11.9 Å². The maximum Gasteiger partial charge on any atom is 0.359 e. The fourth-order valence-electron chi connectivity index (χ4n) is 6.27. The summed E-state index contributed by atoms with van der Waals surface area (Å²) in [4.78, 5) is 21.6. The summed E-state index contributed by atoms with van der Waals surface area (Å²) in [5.41, 5.74) is 2.57. The molecule has 1 aliphatic heterocycles. The molecule has 2 N–H and O–H groups in total. The lowest BCUT2D eigenvalue weighted by atomic mass is 9.83. The van der Waals surface area contributed by atoms with Gasteiger partial charge in [-0.1, -0.05) is 84.8 Å². The van der Waals surface area contributed by atoms with Crippen LogP contribution in [0, 0.1) is 12.4 Å². The maximum absolute atomic E-state index is 15.0. The minimum absolute atomic E-state index is 0.0446. The van der Waals surface area contributed by atoms with Gasteiger partial charge in [0.2, 0.25) is 0 Å². The Morgan fingerprint density at radius 3 is 2.40 bits per heavy atom. The van der Waals surface area contributed by atoms with Crippen LogP contribution in [0.4, 0.5) is 10.1 Å². The molecule has 1 saturated heterocycles. The number of nitrogens with zero attached hydrogens (tertiary/aromatic N) is 2. The van der Waals surface area contributed by atoms with Crippen molar-refractivity contribution >= 4 is 11.6 Å². The molecule has 2 aliphatic rings. The van der Waals surface area contributed by atoms with E-state index in [9.17, 15) is 4.79 Å². The Balaban J connectivity index is 1.28. The molecule has 1 aliphatic carbocycles. The first-order valence-corrected chi connectivity index (χ1v) is 14.4. The molecule has 2 fully saturated rings. The summed E-state index contributed by atoms with van der Waals surface area (Å²) in [7, 11) is 0. The molecule has 6 nitrogen and oxygen atoms in total. The zero-order valence-electron chi connectivity index (χ0n) is 22.9. The molecule has 3 aromatic rings. The summed E-state index contributed by atoms with van der Waals surface area (Å²) in [5.74, 6) is -1.25. The number of amides is 1. The SMILES string of the molecule is C#[N+]C(C(=O)Nc1cncc(F)c1CCCC1CNCC2(CCCCC2)O1)C(c1ccccc1)c1ccccc1. The van der Waals surface area contributed by atoms with Crippen molar-refractivity contribution in [2.75, 3.05) is 18.4 Å². The van der Waals surface area contributed by atoms with Crippen LogP contribution >= 0.6 is 0 Å². The molecule has 5 rings (SSSR count). The zero-order valence-corrected chi connectivity index (χ0v) is 22.9. The van der Waals surface area contributed by atoms with E-state index in [2.05, 4.69) is 20.5 Å². The fraction of sp³-hybridized carbons (Fsp3) is 0.424.